The van der Waals surface area contributed by atoms with Gasteiger partial charge in [-0.15, -0.1) is 0 Å². The van der Waals surface area contributed by atoms with E-state index in [0.29, 0.717) is 0 Å². The summed E-state index contributed by atoms with van der Waals surface area (Å²) in [4.78, 5) is 0. The maximum Gasteiger partial charge on any atom is -0.0878 e. The molecule has 9 heavy (non-hydrogen) atoms. The van der Waals surface area contributed by atoms with Crippen LogP contribution in [0.15, 0.2) is 0 Å². The summed E-state index contributed by atoms with van der Waals surface area (Å²) in [7, 11) is 0. The molecule has 0 N–H and O–H groups in total. The molecule has 0 rings (SSSR count). The van der Waals surface area contributed by atoms with Crippen LogP contribution in [-0.4, -0.2) is 4.73 Å². The van der Waals surface area contributed by atoms with Crippen molar-refractivity contribution in [2.24, 2.45) is 5.41 Å². The summed E-state index contributed by atoms with van der Waals surface area (Å²) in [5.41, 5.74) is 0.250. The van der Waals surface area contributed by atoms with Crippen LogP contribution in [0.2, 0.25) is 0 Å². The smallest absolute Gasteiger partial charge is 0.0878 e. The molecule has 0 spiro atoms. The topological polar surface area (TPSA) is 0 Å². The fourth-order valence-corrected chi connectivity index (χ4v) is 0. The van der Waals surface area contributed by atoms with Gasteiger partial charge in [0.2, 0.25) is 0 Å². The molecule has 0 aliphatic carbocycles. The molecule has 0 amide bonds. The Morgan fingerprint density at radius 3 is 1.56 bits per heavy atom. The third-order valence-corrected chi connectivity index (χ3v) is 0.753. The zero-order chi connectivity index (χ0) is 7.91. The molecule has 0 nitrogen and oxygen atoms in total. The molecule has 0 aromatic rings. The van der Waals surface area contributed by atoms with Gasteiger partial charge in [0, 0.05) is 0 Å². The summed E-state index contributed by atoms with van der Waals surface area (Å²) in [5, 5.41) is 0. The second-order valence-electron chi connectivity index (χ2n) is 3.15. The van der Waals surface area contributed by atoms with Gasteiger partial charge in [-0.1, -0.05) is 20.8 Å². The van der Waals surface area contributed by atoms with Gasteiger partial charge in [-0.2, -0.15) is 5.41 Å². The Morgan fingerprint density at radius 2 is 1.56 bits per heavy atom. The number of hydrogen-bond acceptors (Lipinski definition) is 0. The molecule has 0 heterocycles. The minimum atomic E-state index is 0.250. The maximum absolute atomic E-state index is 3.77. The van der Waals surface area contributed by atoms with Crippen molar-refractivity contribution in [1.29, 1.82) is 0 Å². The fourth-order valence-electron chi connectivity index (χ4n) is 0. The van der Waals surface area contributed by atoms with Crippen LogP contribution in [0.3, 0.4) is 0 Å². The van der Waals surface area contributed by atoms with Crippen molar-refractivity contribution >= 4 is 4.73 Å². The quantitative estimate of drug-likeness (QED) is 0.522. The zero-order valence-corrected chi connectivity index (χ0v) is 8.34. The summed E-state index contributed by atoms with van der Waals surface area (Å²) >= 11 is 2.41. The molecule has 55 valence electrons. The molecule has 1 heteroatoms. The van der Waals surface area contributed by atoms with Gasteiger partial charge in [-0.3, -0.25) is 0 Å². The molecule has 0 saturated carbocycles. The van der Waals surface area contributed by atoms with Crippen molar-refractivity contribution in [3.8, 4) is 0 Å². The van der Waals surface area contributed by atoms with Gasteiger partial charge >= 0.3 is 35.1 Å². The predicted molar refractivity (Wildman–Crippen MR) is 41.2 cm³/mol. The van der Waals surface area contributed by atoms with E-state index in [1.54, 1.807) is 0 Å². The zero-order valence-electron chi connectivity index (χ0n) is 6.94. The van der Waals surface area contributed by atoms with Crippen LogP contribution in [-0.2, 0) is 17.0 Å². The summed E-state index contributed by atoms with van der Waals surface area (Å²) < 4.78 is 2.06. The van der Waals surface area contributed by atoms with Crippen molar-refractivity contribution in [2.75, 3.05) is 0 Å². The predicted octanol–water partition coefficient (Wildman–Crippen LogP) is 2.61. The molecule has 0 aliphatic rings. The van der Waals surface area contributed by atoms with Gasteiger partial charge in [0.1, 0.15) is 0 Å². The third kappa shape index (κ3) is 167. The van der Waals surface area contributed by atoms with Crippen LogP contribution < -0.4 is 0 Å². The molecule has 0 radical (unpaired) electrons. The summed E-state index contributed by atoms with van der Waals surface area (Å²) in [6.45, 7) is 12.1. The van der Waals surface area contributed by atoms with Gasteiger partial charge in [0.15, 0.2) is 0 Å². The van der Waals surface area contributed by atoms with Crippen molar-refractivity contribution in [2.45, 2.75) is 34.1 Å². The van der Waals surface area contributed by atoms with Crippen LogP contribution in [0, 0.1) is 12.3 Å². The molecular weight excluding hydrogens is 147 g/mol. The Kier molecular flexibility index (Phi) is 8.88. The molecule has 0 bridgehead atoms. The van der Waals surface area contributed by atoms with Crippen LogP contribution in [0.1, 0.15) is 34.1 Å². The van der Waals surface area contributed by atoms with Crippen LogP contribution >= 0.6 is 0 Å². The Hall–Kier alpha value is 0.454. The first-order chi connectivity index (χ1) is 3.91. The SMILES string of the molecule is CC[CH]=[V].[CH2-]C(C)(C)C. The van der Waals surface area contributed by atoms with Crippen molar-refractivity contribution in [1.82, 2.24) is 0 Å². The summed E-state index contributed by atoms with van der Waals surface area (Å²) in [6, 6.07) is 0. The van der Waals surface area contributed by atoms with Crippen molar-refractivity contribution in [3.05, 3.63) is 6.92 Å². The first kappa shape index (κ1) is 12.2. The molecule has 0 aliphatic heterocycles. The normalized spacial score (nSPS) is 9.33. The monoisotopic (exact) mass is 164 g/mol. The van der Waals surface area contributed by atoms with Crippen molar-refractivity contribution in [3.63, 3.8) is 0 Å². The Labute approximate surface area is 68.5 Å². The van der Waals surface area contributed by atoms with E-state index >= 15 is 0 Å². The summed E-state index contributed by atoms with van der Waals surface area (Å²) in [6.07, 6.45) is 1.17. The van der Waals surface area contributed by atoms with E-state index in [-0.39, 0.29) is 5.41 Å². The van der Waals surface area contributed by atoms with E-state index in [1.165, 1.54) is 6.42 Å². The third-order valence-electron chi connectivity index (χ3n) is 0.183. The minimum Gasteiger partial charge on any atom is -0.338 e. The molecule has 0 atom stereocenters. The molecule has 0 unspecified atom stereocenters. The molecule has 0 aromatic carbocycles. The molecule has 0 saturated heterocycles. The van der Waals surface area contributed by atoms with Crippen LogP contribution in [0.5, 0.6) is 0 Å². The van der Waals surface area contributed by atoms with E-state index in [1.807, 2.05) is 0 Å². The fraction of sp³-hybridized carbons (Fsp3) is 0.750. The van der Waals surface area contributed by atoms with Gasteiger partial charge in [-0.25, -0.2) is 0 Å². The minimum absolute atomic E-state index is 0.250. The van der Waals surface area contributed by atoms with Gasteiger partial charge in [0.05, 0.1) is 0 Å². The van der Waals surface area contributed by atoms with E-state index in [0.717, 1.165) is 0 Å². The second-order valence-corrected chi connectivity index (χ2v) is 3.72. The van der Waals surface area contributed by atoms with E-state index in [2.05, 4.69) is 56.3 Å². The number of hydrogen-bond donors (Lipinski definition) is 0. The van der Waals surface area contributed by atoms with E-state index < -0.39 is 0 Å². The molecule has 0 fully saturated rings. The largest absolute Gasteiger partial charge is 0.338 e. The van der Waals surface area contributed by atoms with Crippen LogP contribution in [0.25, 0.3) is 0 Å². The molecular formula is C8H17V-. The summed E-state index contributed by atoms with van der Waals surface area (Å²) in [5.74, 6) is 0. The second kappa shape index (κ2) is 6.57. The van der Waals surface area contributed by atoms with Crippen molar-refractivity contribution < 1.29 is 17.0 Å². The average Bonchev–Trinajstić information content (AvgIpc) is 1.61. The Bertz CT molecular complexity index is 53.5. The first-order valence-electron chi connectivity index (χ1n) is 3.23. The Morgan fingerprint density at radius 1 is 1.44 bits per heavy atom. The van der Waals surface area contributed by atoms with Crippen LogP contribution in [0.4, 0.5) is 0 Å². The van der Waals surface area contributed by atoms with E-state index in [4.69, 9.17) is 0 Å². The average molecular weight is 164 g/mol. The standard InChI is InChI=1S/C5H11.C3H6.V/c1-5(2,3)4;1-3-2;/h1H2,2-4H3;1H,3H2,2H3;/q-1;;. The van der Waals surface area contributed by atoms with E-state index in [9.17, 15) is 0 Å². The van der Waals surface area contributed by atoms with Gasteiger partial charge in [-0.05, 0) is 0 Å². The van der Waals surface area contributed by atoms with Gasteiger partial charge in [0.25, 0.3) is 0 Å². The maximum atomic E-state index is 3.77. The number of rotatable bonds is 1. The first-order valence-corrected chi connectivity index (χ1v) is 4.03. The van der Waals surface area contributed by atoms with Gasteiger partial charge < -0.3 is 6.92 Å². The molecule has 0 aromatic heterocycles. The Balaban J connectivity index is 0.